The van der Waals surface area contributed by atoms with E-state index in [9.17, 15) is 0 Å². The van der Waals surface area contributed by atoms with E-state index in [0.29, 0.717) is 0 Å². The molecule has 0 spiro atoms. The molecule has 0 aliphatic carbocycles. The standard InChI is InChI=1S/C11H21N3O2/c1-4-13-9(5-12)6-14-7-10(15-2)11(8-14)16-3/h9-11,13H,4,6-8H2,1-3H3. The van der Waals surface area contributed by atoms with Gasteiger partial charge >= 0.3 is 0 Å². The van der Waals surface area contributed by atoms with Gasteiger partial charge in [0.15, 0.2) is 0 Å². The Morgan fingerprint density at radius 2 is 1.94 bits per heavy atom. The maximum atomic E-state index is 8.96. The minimum atomic E-state index is -0.113. The van der Waals surface area contributed by atoms with Gasteiger partial charge in [-0.3, -0.25) is 4.90 Å². The molecular weight excluding hydrogens is 206 g/mol. The van der Waals surface area contributed by atoms with Gasteiger partial charge < -0.3 is 14.8 Å². The Balaban J connectivity index is 2.42. The molecule has 1 aliphatic heterocycles. The maximum absolute atomic E-state index is 8.96. The van der Waals surface area contributed by atoms with Crippen molar-refractivity contribution in [2.75, 3.05) is 40.4 Å². The summed E-state index contributed by atoms with van der Waals surface area (Å²) >= 11 is 0. The predicted octanol–water partition coefficient (Wildman–Crippen LogP) is -0.166. The summed E-state index contributed by atoms with van der Waals surface area (Å²) in [6.07, 6.45) is 0.233. The van der Waals surface area contributed by atoms with Crippen molar-refractivity contribution < 1.29 is 9.47 Å². The monoisotopic (exact) mass is 227 g/mol. The van der Waals surface area contributed by atoms with Gasteiger partial charge in [0.25, 0.3) is 0 Å². The molecule has 1 rings (SSSR count). The van der Waals surface area contributed by atoms with Crippen molar-refractivity contribution in [2.24, 2.45) is 0 Å². The smallest absolute Gasteiger partial charge is 0.108 e. The van der Waals surface area contributed by atoms with Crippen LogP contribution in [0, 0.1) is 11.3 Å². The van der Waals surface area contributed by atoms with Gasteiger partial charge in [-0.1, -0.05) is 6.92 Å². The number of hydrogen-bond donors (Lipinski definition) is 1. The number of ether oxygens (including phenoxy) is 2. The summed E-state index contributed by atoms with van der Waals surface area (Å²) in [6.45, 7) is 5.21. The highest BCUT2D eigenvalue weighted by Crippen LogP contribution is 2.15. The molecule has 0 bridgehead atoms. The molecule has 1 N–H and O–H groups in total. The fourth-order valence-corrected chi connectivity index (χ4v) is 2.08. The molecule has 1 heterocycles. The summed E-state index contributed by atoms with van der Waals surface area (Å²) in [7, 11) is 3.40. The fourth-order valence-electron chi connectivity index (χ4n) is 2.08. The van der Waals surface area contributed by atoms with E-state index in [1.54, 1.807) is 14.2 Å². The zero-order valence-corrected chi connectivity index (χ0v) is 10.3. The van der Waals surface area contributed by atoms with Gasteiger partial charge in [-0.25, -0.2) is 0 Å². The van der Waals surface area contributed by atoms with Crippen LogP contribution in [0.3, 0.4) is 0 Å². The van der Waals surface area contributed by atoms with Crippen molar-refractivity contribution >= 4 is 0 Å². The summed E-state index contributed by atoms with van der Waals surface area (Å²) in [5, 5.41) is 12.1. The number of likely N-dealkylation sites (tertiary alicyclic amines) is 1. The largest absolute Gasteiger partial charge is 0.377 e. The lowest BCUT2D eigenvalue weighted by atomic mass is 10.3. The number of nitriles is 1. The number of hydrogen-bond acceptors (Lipinski definition) is 5. The van der Waals surface area contributed by atoms with Crippen molar-refractivity contribution in [3.05, 3.63) is 0 Å². The number of nitrogens with one attached hydrogen (secondary N) is 1. The van der Waals surface area contributed by atoms with Crippen molar-refractivity contribution in [1.82, 2.24) is 10.2 Å². The van der Waals surface area contributed by atoms with E-state index in [0.717, 1.165) is 26.2 Å². The molecule has 5 nitrogen and oxygen atoms in total. The Labute approximate surface area is 97.3 Å². The molecule has 1 aliphatic rings. The second kappa shape index (κ2) is 6.81. The summed E-state index contributed by atoms with van der Waals surface area (Å²) in [5.74, 6) is 0. The molecule has 0 radical (unpaired) electrons. The van der Waals surface area contributed by atoms with E-state index >= 15 is 0 Å². The molecule has 0 aromatic heterocycles. The van der Waals surface area contributed by atoms with Crippen LogP contribution >= 0.6 is 0 Å². The highest BCUT2D eigenvalue weighted by Gasteiger charge is 2.33. The summed E-state index contributed by atoms with van der Waals surface area (Å²) in [4.78, 5) is 2.21. The normalized spacial score (nSPS) is 27.9. The number of methoxy groups -OCH3 is 2. The molecule has 3 atom stereocenters. The van der Waals surface area contributed by atoms with Gasteiger partial charge in [0, 0.05) is 33.9 Å². The lowest BCUT2D eigenvalue weighted by Crippen LogP contribution is -2.39. The summed E-state index contributed by atoms with van der Waals surface area (Å²) in [5.41, 5.74) is 0. The molecule has 0 aromatic rings. The second-order valence-corrected chi connectivity index (χ2v) is 4.01. The van der Waals surface area contributed by atoms with Crippen molar-refractivity contribution in [1.29, 1.82) is 5.26 Å². The minimum Gasteiger partial charge on any atom is -0.377 e. The van der Waals surface area contributed by atoms with Gasteiger partial charge in [0.1, 0.15) is 6.04 Å². The molecule has 0 saturated carbocycles. The van der Waals surface area contributed by atoms with Gasteiger partial charge in [-0.05, 0) is 6.54 Å². The lowest BCUT2D eigenvalue weighted by Gasteiger charge is -2.19. The summed E-state index contributed by atoms with van der Waals surface area (Å²) in [6, 6.07) is 2.15. The lowest BCUT2D eigenvalue weighted by molar-refractivity contribution is -0.00461. The number of rotatable bonds is 6. The van der Waals surface area contributed by atoms with Crippen LogP contribution in [0.1, 0.15) is 6.92 Å². The Bertz CT molecular complexity index is 230. The Morgan fingerprint density at radius 3 is 2.31 bits per heavy atom. The first-order valence-electron chi connectivity index (χ1n) is 5.66. The van der Waals surface area contributed by atoms with E-state index in [2.05, 4.69) is 16.3 Å². The third-order valence-corrected chi connectivity index (χ3v) is 2.94. The average molecular weight is 227 g/mol. The van der Waals surface area contributed by atoms with Crippen molar-refractivity contribution in [3.63, 3.8) is 0 Å². The van der Waals surface area contributed by atoms with Crippen LogP contribution in [-0.4, -0.2) is 63.5 Å². The van der Waals surface area contributed by atoms with Crippen LogP contribution in [0.2, 0.25) is 0 Å². The average Bonchev–Trinajstić information content (AvgIpc) is 2.70. The van der Waals surface area contributed by atoms with Crippen LogP contribution in [0.25, 0.3) is 0 Å². The molecule has 1 fully saturated rings. The van der Waals surface area contributed by atoms with E-state index in [-0.39, 0.29) is 18.2 Å². The first-order chi connectivity index (χ1) is 7.74. The van der Waals surface area contributed by atoms with Crippen molar-refractivity contribution in [3.8, 4) is 6.07 Å². The van der Waals surface area contributed by atoms with Crippen LogP contribution < -0.4 is 5.32 Å². The molecule has 0 amide bonds. The Kier molecular flexibility index (Phi) is 5.71. The van der Waals surface area contributed by atoms with Crippen molar-refractivity contribution in [2.45, 2.75) is 25.2 Å². The van der Waals surface area contributed by atoms with Gasteiger partial charge in [0.05, 0.1) is 18.3 Å². The zero-order chi connectivity index (χ0) is 12.0. The first kappa shape index (κ1) is 13.4. The quantitative estimate of drug-likeness (QED) is 0.683. The van der Waals surface area contributed by atoms with Crippen LogP contribution in [0.4, 0.5) is 0 Å². The van der Waals surface area contributed by atoms with Gasteiger partial charge in [-0.15, -0.1) is 0 Å². The molecule has 1 saturated heterocycles. The molecule has 0 aromatic carbocycles. The zero-order valence-electron chi connectivity index (χ0n) is 10.3. The number of likely N-dealkylation sites (N-methyl/N-ethyl adjacent to an activating group) is 1. The molecule has 5 heteroatoms. The van der Waals surface area contributed by atoms with E-state index in [1.807, 2.05) is 6.92 Å². The van der Waals surface area contributed by atoms with Crippen LogP contribution in [-0.2, 0) is 9.47 Å². The highest BCUT2D eigenvalue weighted by atomic mass is 16.5. The molecule has 92 valence electrons. The van der Waals surface area contributed by atoms with E-state index in [4.69, 9.17) is 14.7 Å². The molecule has 16 heavy (non-hydrogen) atoms. The van der Waals surface area contributed by atoms with E-state index in [1.165, 1.54) is 0 Å². The highest BCUT2D eigenvalue weighted by molar-refractivity contribution is 4.95. The predicted molar refractivity (Wildman–Crippen MR) is 61.1 cm³/mol. The summed E-state index contributed by atoms with van der Waals surface area (Å²) < 4.78 is 10.7. The molecule has 3 unspecified atom stereocenters. The third-order valence-electron chi connectivity index (χ3n) is 2.94. The second-order valence-electron chi connectivity index (χ2n) is 4.01. The Hall–Kier alpha value is -0.670. The fraction of sp³-hybridized carbons (Fsp3) is 0.909. The van der Waals surface area contributed by atoms with E-state index < -0.39 is 0 Å². The van der Waals surface area contributed by atoms with Crippen LogP contribution in [0.5, 0.6) is 0 Å². The first-order valence-corrected chi connectivity index (χ1v) is 5.66. The Morgan fingerprint density at radius 1 is 1.38 bits per heavy atom. The van der Waals surface area contributed by atoms with Crippen LogP contribution in [0.15, 0.2) is 0 Å². The topological polar surface area (TPSA) is 57.5 Å². The maximum Gasteiger partial charge on any atom is 0.108 e. The number of nitrogens with zero attached hydrogens (tertiary/aromatic N) is 2. The van der Waals surface area contributed by atoms with Gasteiger partial charge in [-0.2, -0.15) is 5.26 Å². The third kappa shape index (κ3) is 3.42. The minimum absolute atomic E-state index is 0.113. The SMILES string of the molecule is CCNC(C#N)CN1CC(OC)C(OC)C1. The van der Waals surface area contributed by atoms with Gasteiger partial charge in [0.2, 0.25) is 0 Å². The molecular formula is C11H21N3O2.